The van der Waals surface area contributed by atoms with E-state index in [9.17, 15) is 5.11 Å². The first-order valence-corrected chi connectivity index (χ1v) is 8.01. The Balaban J connectivity index is 1.54. The predicted octanol–water partition coefficient (Wildman–Crippen LogP) is 3.32. The molecule has 2 N–H and O–H groups in total. The largest absolute Gasteiger partial charge is 0.488 e. The molecule has 0 spiro atoms. The number of ether oxygens (including phenoxy) is 1. The number of rotatable bonds is 5. The third kappa shape index (κ3) is 3.63. The average molecular weight is 300 g/mol. The summed E-state index contributed by atoms with van der Waals surface area (Å²) in [7, 11) is 2.05. The normalized spacial score (nSPS) is 21.5. The lowest BCUT2D eigenvalue weighted by atomic mass is 9.95. The second-order valence-corrected chi connectivity index (χ2v) is 6.00. The van der Waals surface area contributed by atoms with Gasteiger partial charge in [-0.3, -0.25) is 0 Å². The summed E-state index contributed by atoms with van der Waals surface area (Å²) in [6.07, 6.45) is 5.68. The van der Waals surface area contributed by atoms with Crippen molar-refractivity contribution in [2.24, 2.45) is 7.05 Å². The van der Waals surface area contributed by atoms with E-state index in [1.54, 1.807) is 0 Å². The van der Waals surface area contributed by atoms with E-state index in [1.165, 1.54) is 5.69 Å². The minimum absolute atomic E-state index is 0.0593. The molecule has 0 radical (unpaired) electrons. The summed E-state index contributed by atoms with van der Waals surface area (Å²) in [5.41, 5.74) is 2.31. The number of benzene rings is 1. The zero-order valence-corrected chi connectivity index (χ0v) is 13.0. The van der Waals surface area contributed by atoms with Crippen molar-refractivity contribution in [1.29, 1.82) is 0 Å². The van der Waals surface area contributed by atoms with Crippen LogP contribution in [0.3, 0.4) is 0 Å². The molecule has 1 aliphatic rings. The molecule has 0 saturated heterocycles. The van der Waals surface area contributed by atoms with Gasteiger partial charge in [-0.15, -0.1) is 0 Å². The van der Waals surface area contributed by atoms with Crippen molar-refractivity contribution in [2.45, 2.75) is 44.4 Å². The molecule has 1 saturated carbocycles. The molecule has 0 amide bonds. The molecular weight excluding hydrogens is 276 g/mol. The molecule has 2 unspecified atom stereocenters. The Hall–Kier alpha value is -1.94. The fourth-order valence-electron chi connectivity index (χ4n) is 2.91. The lowest BCUT2D eigenvalue weighted by molar-refractivity contribution is 0.00688. The van der Waals surface area contributed by atoms with E-state index in [1.807, 2.05) is 43.6 Å². The number of anilines is 1. The van der Waals surface area contributed by atoms with Crippen molar-refractivity contribution in [1.82, 2.24) is 4.57 Å². The summed E-state index contributed by atoms with van der Waals surface area (Å²) < 4.78 is 8.02. The number of aryl methyl sites for hydroxylation is 1. The van der Waals surface area contributed by atoms with Gasteiger partial charge in [0.2, 0.25) is 0 Å². The van der Waals surface area contributed by atoms with Gasteiger partial charge >= 0.3 is 0 Å². The molecule has 1 aliphatic carbocycles. The maximum absolute atomic E-state index is 9.96. The molecule has 4 nitrogen and oxygen atoms in total. The van der Waals surface area contributed by atoms with Crippen LogP contribution in [0.15, 0.2) is 42.6 Å². The van der Waals surface area contributed by atoms with E-state index in [4.69, 9.17) is 4.74 Å². The molecule has 4 heteroatoms. The van der Waals surface area contributed by atoms with E-state index in [2.05, 4.69) is 16.0 Å². The first-order chi connectivity index (χ1) is 10.7. The topological polar surface area (TPSA) is 46.4 Å². The number of nitrogens with zero attached hydrogens (tertiary/aromatic N) is 1. The molecule has 1 aromatic heterocycles. The second kappa shape index (κ2) is 6.88. The molecule has 1 aromatic carbocycles. The van der Waals surface area contributed by atoms with Gasteiger partial charge in [0.15, 0.2) is 0 Å². The van der Waals surface area contributed by atoms with Crippen LogP contribution in [-0.4, -0.2) is 21.9 Å². The highest BCUT2D eigenvalue weighted by Gasteiger charge is 2.24. The molecule has 2 aromatic rings. The zero-order valence-electron chi connectivity index (χ0n) is 13.0. The first-order valence-electron chi connectivity index (χ1n) is 8.01. The van der Waals surface area contributed by atoms with Crippen molar-refractivity contribution in [3.8, 4) is 5.75 Å². The molecular formula is C18H24N2O2. The van der Waals surface area contributed by atoms with Crippen LogP contribution in [-0.2, 0) is 13.6 Å². The fraction of sp³-hybridized carbons (Fsp3) is 0.444. The summed E-state index contributed by atoms with van der Waals surface area (Å²) in [5, 5.41) is 13.4. The van der Waals surface area contributed by atoms with Gasteiger partial charge in [-0.1, -0.05) is 6.42 Å². The molecule has 0 bridgehead atoms. The Kier molecular flexibility index (Phi) is 4.68. The van der Waals surface area contributed by atoms with Gasteiger partial charge in [-0.25, -0.2) is 0 Å². The molecule has 0 aliphatic heterocycles. The Morgan fingerprint density at radius 2 is 1.95 bits per heavy atom. The van der Waals surface area contributed by atoms with Crippen molar-refractivity contribution in [3.05, 3.63) is 48.3 Å². The summed E-state index contributed by atoms with van der Waals surface area (Å²) in [6, 6.07) is 12.1. The standard InChI is InChI=1S/C18H24N2O2/c1-20-12-4-5-15(20)13-19-14-8-10-16(11-9-14)22-18-7-3-2-6-17(18)21/h4-5,8-12,17-19,21H,2-3,6-7,13H2,1H3. The SMILES string of the molecule is Cn1cccc1CNc1ccc(OC2CCCCC2O)cc1. The molecule has 118 valence electrons. The number of aliphatic hydroxyl groups is 1. The van der Waals surface area contributed by atoms with Gasteiger partial charge in [0, 0.05) is 24.6 Å². The maximum atomic E-state index is 9.96. The number of hydrogen-bond acceptors (Lipinski definition) is 3. The van der Waals surface area contributed by atoms with E-state index >= 15 is 0 Å². The van der Waals surface area contributed by atoms with Crippen molar-refractivity contribution in [2.75, 3.05) is 5.32 Å². The van der Waals surface area contributed by atoms with E-state index in [0.29, 0.717) is 0 Å². The van der Waals surface area contributed by atoms with Gasteiger partial charge in [0.25, 0.3) is 0 Å². The number of aliphatic hydroxyl groups excluding tert-OH is 1. The van der Waals surface area contributed by atoms with E-state index in [-0.39, 0.29) is 12.2 Å². The van der Waals surface area contributed by atoms with Gasteiger partial charge in [-0.2, -0.15) is 0 Å². The number of nitrogens with one attached hydrogen (secondary N) is 1. The van der Waals surface area contributed by atoms with Gasteiger partial charge in [-0.05, 0) is 55.7 Å². The quantitative estimate of drug-likeness (QED) is 0.890. The van der Waals surface area contributed by atoms with Crippen LogP contribution in [0.25, 0.3) is 0 Å². The van der Waals surface area contributed by atoms with Gasteiger partial charge in [0.1, 0.15) is 11.9 Å². The summed E-state index contributed by atoms with van der Waals surface area (Å²) in [5.74, 6) is 0.829. The molecule has 2 atom stereocenters. The number of aromatic nitrogens is 1. The van der Waals surface area contributed by atoms with Crippen LogP contribution < -0.4 is 10.1 Å². The highest BCUT2D eigenvalue weighted by atomic mass is 16.5. The highest BCUT2D eigenvalue weighted by molar-refractivity contribution is 5.46. The maximum Gasteiger partial charge on any atom is 0.124 e. The summed E-state index contributed by atoms with van der Waals surface area (Å²) in [6.45, 7) is 0.797. The zero-order chi connectivity index (χ0) is 15.4. The molecule has 1 heterocycles. The van der Waals surface area contributed by atoms with Crippen molar-refractivity contribution in [3.63, 3.8) is 0 Å². The Bertz CT molecular complexity index is 591. The van der Waals surface area contributed by atoms with Gasteiger partial charge in [0.05, 0.1) is 12.6 Å². The Morgan fingerprint density at radius 3 is 2.64 bits per heavy atom. The monoisotopic (exact) mass is 300 g/mol. The van der Waals surface area contributed by atoms with Crippen LogP contribution in [0, 0.1) is 0 Å². The summed E-state index contributed by atoms with van der Waals surface area (Å²) >= 11 is 0. The molecule has 3 rings (SSSR count). The number of hydrogen-bond donors (Lipinski definition) is 2. The third-order valence-corrected chi connectivity index (χ3v) is 4.33. The van der Waals surface area contributed by atoms with Crippen LogP contribution in [0.2, 0.25) is 0 Å². The molecule has 1 fully saturated rings. The van der Waals surface area contributed by atoms with Crippen LogP contribution >= 0.6 is 0 Å². The Labute approximate surface area is 131 Å². The smallest absolute Gasteiger partial charge is 0.124 e. The van der Waals surface area contributed by atoms with Gasteiger partial charge < -0.3 is 19.7 Å². The van der Waals surface area contributed by atoms with Crippen LogP contribution in [0.1, 0.15) is 31.4 Å². The third-order valence-electron chi connectivity index (χ3n) is 4.33. The minimum Gasteiger partial charge on any atom is -0.488 e. The fourth-order valence-corrected chi connectivity index (χ4v) is 2.91. The first kappa shape index (κ1) is 15.0. The minimum atomic E-state index is -0.330. The van der Waals surface area contributed by atoms with E-state index < -0.39 is 0 Å². The van der Waals surface area contributed by atoms with Crippen LogP contribution in [0.5, 0.6) is 5.75 Å². The lowest BCUT2D eigenvalue weighted by Gasteiger charge is -2.28. The summed E-state index contributed by atoms with van der Waals surface area (Å²) in [4.78, 5) is 0. The van der Waals surface area contributed by atoms with Crippen molar-refractivity contribution < 1.29 is 9.84 Å². The second-order valence-electron chi connectivity index (χ2n) is 6.00. The van der Waals surface area contributed by atoms with Crippen LogP contribution in [0.4, 0.5) is 5.69 Å². The predicted molar refractivity (Wildman–Crippen MR) is 88.1 cm³/mol. The van der Waals surface area contributed by atoms with Crippen molar-refractivity contribution >= 4 is 5.69 Å². The molecule has 22 heavy (non-hydrogen) atoms. The van der Waals surface area contributed by atoms with E-state index in [0.717, 1.165) is 43.7 Å². The highest BCUT2D eigenvalue weighted by Crippen LogP contribution is 2.25. The average Bonchev–Trinajstić information content (AvgIpc) is 2.94. The lowest BCUT2D eigenvalue weighted by Crippen LogP contribution is -2.34. The Morgan fingerprint density at radius 1 is 1.18 bits per heavy atom.